The molecule has 30 heavy (non-hydrogen) atoms. The zero-order valence-corrected chi connectivity index (χ0v) is 16.8. The fourth-order valence-corrected chi connectivity index (χ4v) is 2.29. The topological polar surface area (TPSA) is 234 Å². The number of nitrogens with two attached hydrogens (primary N) is 2. The van der Waals surface area contributed by atoms with Gasteiger partial charge in [-0.15, -0.1) is 0 Å². The Hall–Kier alpha value is -2.77. The van der Waals surface area contributed by atoms with Gasteiger partial charge in [-0.2, -0.15) is 0 Å². The molecule has 0 fully saturated rings. The van der Waals surface area contributed by atoms with E-state index in [2.05, 4.69) is 16.0 Å². The van der Waals surface area contributed by atoms with Gasteiger partial charge in [-0.05, 0) is 39.2 Å². The van der Waals surface area contributed by atoms with Crippen LogP contribution in [0.4, 0.5) is 0 Å². The van der Waals surface area contributed by atoms with Crippen LogP contribution in [0.5, 0.6) is 0 Å². The van der Waals surface area contributed by atoms with Crippen molar-refractivity contribution >= 4 is 29.7 Å². The van der Waals surface area contributed by atoms with E-state index in [9.17, 15) is 29.1 Å². The zero-order valence-electron chi connectivity index (χ0n) is 16.8. The first-order chi connectivity index (χ1) is 14.0. The maximum Gasteiger partial charge on any atom is 0.325 e. The third-order valence-electron chi connectivity index (χ3n) is 4.13. The fourth-order valence-electron chi connectivity index (χ4n) is 2.29. The zero-order chi connectivity index (χ0) is 23.3. The van der Waals surface area contributed by atoms with Crippen molar-refractivity contribution in [2.24, 2.45) is 11.5 Å². The monoisotopic (exact) mass is 433 g/mol. The standard InChI is InChI=1S/C17H31N5O8/c1-9(17(29)30)20-16(28)12(8-23)22-15(27)11(4-2-3-7-18)21-14(26)10(19)5-6-13(24)25/h9-12,23H,2-8,18-19H2,1H3,(H,20,28)(H,21,26)(H,22,27)(H,24,25)(H,29,30). The number of rotatable bonds is 15. The van der Waals surface area contributed by atoms with Crippen LogP contribution in [0.15, 0.2) is 0 Å². The van der Waals surface area contributed by atoms with Crippen LogP contribution < -0.4 is 27.4 Å². The van der Waals surface area contributed by atoms with Gasteiger partial charge in [0.15, 0.2) is 0 Å². The second-order valence-electron chi connectivity index (χ2n) is 6.70. The number of unbranched alkanes of at least 4 members (excludes halogenated alkanes) is 1. The van der Waals surface area contributed by atoms with Crippen molar-refractivity contribution < 1.29 is 39.3 Å². The molecular formula is C17H31N5O8. The molecule has 0 aliphatic rings. The average Bonchev–Trinajstić information content (AvgIpc) is 2.68. The van der Waals surface area contributed by atoms with Crippen molar-refractivity contribution in [2.75, 3.05) is 13.2 Å². The molecule has 0 saturated carbocycles. The average molecular weight is 433 g/mol. The van der Waals surface area contributed by atoms with Crippen LogP contribution in [0, 0.1) is 0 Å². The van der Waals surface area contributed by atoms with Crippen molar-refractivity contribution in [3.05, 3.63) is 0 Å². The fraction of sp³-hybridized carbons (Fsp3) is 0.706. The van der Waals surface area contributed by atoms with Gasteiger partial charge in [-0.3, -0.25) is 24.0 Å². The maximum atomic E-state index is 12.6. The number of hydrogen-bond acceptors (Lipinski definition) is 8. The predicted molar refractivity (Wildman–Crippen MR) is 104 cm³/mol. The van der Waals surface area contributed by atoms with E-state index in [1.54, 1.807) is 0 Å². The minimum atomic E-state index is -1.44. The summed E-state index contributed by atoms with van der Waals surface area (Å²) in [5, 5.41) is 33.7. The first-order valence-corrected chi connectivity index (χ1v) is 9.45. The molecule has 0 aromatic carbocycles. The van der Waals surface area contributed by atoms with E-state index in [1.165, 1.54) is 6.92 Å². The van der Waals surface area contributed by atoms with Crippen LogP contribution in [-0.4, -0.2) is 82.3 Å². The lowest BCUT2D eigenvalue weighted by atomic mass is 10.1. The summed E-state index contributed by atoms with van der Waals surface area (Å²) >= 11 is 0. The molecule has 0 heterocycles. The quantitative estimate of drug-likeness (QED) is 0.121. The van der Waals surface area contributed by atoms with Crippen LogP contribution in [-0.2, 0) is 24.0 Å². The molecule has 0 aromatic heterocycles. The molecular weight excluding hydrogens is 402 g/mol. The van der Waals surface area contributed by atoms with Crippen molar-refractivity contribution in [1.29, 1.82) is 0 Å². The SMILES string of the molecule is CC(NC(=O)C(CO)NC(=O)C(CCCCN)NC(=O)C(N)CCC(=O)O)C(=O)O. The Morgan fingerprint density at radius 3 is 1.93 bits per heavy atom. The molecule has 0 aliphatic carbocycles. The van der Waals surface area contributed by atoms with Crippen LogP contribution in [0.2, 0.25) is 0 Å². The summed E-state index contributed by atoms with van der Waals surface area (Å²) in [5.41, 5.74) is 11.1. The number of nitrogens with one attached hydrogen (secondary N) is 3. The van der Waals surface area contributed by atoms with E-state index < -0.39 is 60.4 Å². The van der Waals surface area contributed by atoms with Gasteiger partial charge in [-0.1, -0.05) is 0 Å². The number of amides is 3. The summed E-state index contributed by atoms with van der Waals surface area (Å²) < 4.78 is 0. The molecule has 0 saturated heterocycles. The Morgan fingerprint density at radius 2 is 1.43 bits per heavy atom. The highest BCUT2D eigenvalue weighted by Crippen LogP contribution is 2.04. The van der Waals surface area contributed by atoms with E-state index in [1.807, 2.05) is 0 Å². The molecule has 13 heteroatoms. The van der Waals surface area contributed by atoms with Gasteiger partial charge in [0.1, 0.15) is 18.1 Å². The normalized spacial score (nSPS) is 14.7. The van der Waals surface area contributed by atoms with Crippen molar-refractivity contribution in [2.45, 2.75) is 63.2 Å². The van der Waals surface area contributed by atoms with Crippen LogP contribution in [0.25, 0.3) is 0 Å². The van der Waals surface area contributed by atoms with Crippen molar-refractivity contribution in [1.82, 2.24) is 16.0 Å². The van der Waals surface area contributed by atoms with E-state index in [-0.39, 0.29) is 19.3 Å². The summed E-state index contributed by atoms with van der Waals surface area (Å²) in [7, 11) is 0. The Balaban J connectivity index is 5.09. The summed E-state index contributed by atoms with van der Waals surface area (Å²) in [5.74, 6) is -4.86. The number of aliphatic carboxylic acids is 2. The number of carboxylic acid groups (broad SMARTS) is 2. The number of hydrogen-bond donors (Lipinski definition) is 8. The van der Waals surface area contributed by atoms with Gasteiger partial charge >= 0.3 is 11.9 Å². The molecule has 10 N–H and O–H groups in total. The highest BCUT2D eigenvalue weighted by molar-refractivity contribution is 5.94. The van der Waals surface area contributed by atoms with E-state index >= 15 is 0 Å². The summed E-state index contributed by atoms with van der Waals surface area (Å²) in [6.45, 7) is 0.769. The Morgan fingerprint density at radius 1 is 0.867 bits per heavy atom. The molecule has 13 nitrogen and oxygen atoms in total. The molecule has 172 valence electrons. The molecule has 0 spiro atoms. The largest absolute Gasteiger partial charge is 0.481 e. The molecule has 0 aromatic rings. The third-order valence-corrected chi connectivity index (χ3v) is 4.13. The number of aliphatic hydroxyl groups is 1. The summed E-state index contributed by atoms with van der Waals surface area (Å²) in [6.07, 6.45) is 0.724. The number of carbonyl (C=O) groups excluding carboxylic acids is 3. The maximum absolute atomic E-state index is 12.6. The summed E-state index contributed by atoms with van der Waals surface area (Å²) in [4.78, 5) is 58.2. The van der Waals surface area contributed by atoms with Gasteiger partial charge in [0.05, 0.1) is 12.6 Å². The molecule has 4 unspecified atom stereocenters. The number of carboxylic acids is 2. The molecule has 0 aliphatic heterocycles. The van der Waals surface area contributed by atoms with E-state index in [0.717, 1.165) is 0 Å². The van der Waals surface area contributed by atoms with E-state index in [0.29, 0.717) is 19.4 Å². The first kappa shape index (κ1) is 27.2. The number of aliphatic hydroxyl groups excluding tert-OH is 1. The molecule has 3 amide bonds. The lowest BCUT2D eigenvalue weighted by Gasteiger charge is -2.23. The minimum Gasteiger partial charge on any atom is -0.481 e. The highest BCUT2D eigenvalue weighted by atomic mass is 16.4. The van der Waals surface area contributed by atoms with Crippen LogP contribution in [0.3, 0.4) is 0 Å². The van der Waals surface area contributed by atoms with Crippen molar-refractivity contribution in [3.8, 4) is 0 Å². The second kappa shape index (κ2) is 14.3. The smallest absolute Gasteiger partial charge is 0.325 e. The number of carbonyl (C=O) groups is 5. The lowest BCUT2D eigenvalue weighted by molar-refractivity contribution is -0.142. The Labute approximate surface area is 173 Å². The van der Waals surface area contributed by atoms with Gasteiger partial charge in [-0.25, -0.2) is 0 Å². The van der Waals surface area contributed by atoms with Gasteiger partial charge < -0.3 is 42.7 Å². The van der Waals surface area contributed by atoms with E-state index in [4.69, 9.17) is 21.7 Å². The minimum absolute atomic E-state index is 0.132. The third kappa shape index (κ3) is 10.7. The van der Waals surface area contributed by atoms with Crippen molar-refractivity contribution in [3.63, 3.8) is 0 Å². The first-order valence-electron chi connectivity index (χ1n) is 9.45. The summed E-state index contributed by atoms with van der Waals surface area (Å²) in [6, 6.07) is -4.94. The molecule has 4 atom stereocenters. The predicted octanol–water partition coefficient (Wildman–Crippen LogP) is -3.14. The second-order valence-corrected chi connectivity index (χ2v) is 6.70. The van der Waals surface area contributed by atoms with Crippen LogP contribution in [0.1, 0.15) is 39.0 Å². The highest BCUT2D eigenvalue weighted by Gasteiger charge is 2.28. The Kier molecular flexibility index (Phi) is 12.9. The molecule has 0 rings (SSSR count). The van der Waals surface area contributed by atoms with Gasteiger partial charge in [0.25, 0.3) is 0 Å². The molecule has 0 radical (unpaired) electrons. The van der Waals surface area contributed by atoms with Gasteiger partial charge in [0.2, 0.25) is 17.7 Å². The lowest BCUT2D eigenvalue weighted by Crippen LogP contribution is -2.57. The van der Waals surface area contributed by atoms with Crippen LogP contribution >= 0.6 is 0 Å². The Bertz CT molecular complexity index is 615. The molecule has 0 bridgehead atoms. The van der Waals surface area contributed by atoms with Gasteiger partial charge in [0, 0.05) is 6.42 Å².